The zero-order chi connectivity index (χ0) is 35.3. The minimum atomic E-state index is -7.00. The van der Waals surface area contributed by atoms with E-state index in [0.29, 0.717) is 25.2 Å². The lowest BCUT2D eigenvalue weighted by molar-refractivity contribution is -0.396. The van der Waals surface area contributed by atoms with Crippen molar-refractivity contribution in [1.82, 2.24) is 0 Å². The molecule has 264 valence electrons. The van der Waals surface area contributed by atoms with E-state index < -0.39 is 53.4 Å². The Labute approximate surface area is 270 Å². The summed E-state index contributed by atoms with van der Waals surface area (Å²) in [6, 6.07) is 11.9. The minimum absolute atomic E-state index is 0.00990. The molecule has 1 heterocycles. The highest BCUT2D eigenvalue weighted by atomic mass is 32.2. The zero-order valence-corrected chi connectivity index (χ0v) is 26.3. The van der Waals surface area contributed by atoms with Crippen molar-refractivity contribution in [2.75, 3.05) is 12.9 Å². The molecule has 1 aliphatic heterocycles. The Morgan fingerprint density at radius 2 is 1.43 bits per heavy atom. The van der Waals surface area contributed by atoms with Crippen molar-refractivity contribution in [3.05, 3.63) is 53.6 Å². The molecule has 0 aromatic heterocycles. The number of fused-ring (bicyclic) bond motifs is 1. The molecule has 0 fully saturated rings. The number of carbonyl (C=O) groups is 1. The summed E-state index contributed by atoms with van der Waals surface area (Å²) >= 11 is 1.62. The molecule has 3 rings (SSSR count). The third kappa shape index (κ3) is 8.37. The Bertz CT molecular complexity index is 1340. The number of phenols is 2. The van der Waals surface area contributed by atoms with Crippen molar-refractivity contribution in [3.8, 4) is 17.2 Å². The Morgan fingerprint density at radius 1 is 0.851 bits per heavy atom. The average Bonchev–Trinajstić information content (AvgIpc) is 2.99. The lowest BCUT2D eigenvalue weighted by Gasteiger charge is -2.44. The molecular formula is C32H37F9O5S. The van der Waals surface area contributed by atoms with Crippen LogP contribution in [0.1, 0.15) is 81.3 Å². The third-order valence-electron chi connectivity index (χ3n) is 8.76. The van der Waals surface area contributed by atoms with Crippen LogP contribution in [0.15, 0.2) is 42.5 Å². The van der Waals surface area contributed by atoms with Crippen LogP contribution < -0.4 is 4.74 Å². The number of alkyl halides is 9. The molecule has 15 heteroatoms. The van der Waals surface area contributed by atoms with Crippen LogP contribution in [0.3, 0.4) is 0 Å². The lowest BCUT2D eigenvalue weighted by atomic mass is 9.76. The number of carboxylic acid groups (broad SMARTS) is 1. The molecule has 0 bridgehead atoms. The minimum Gasteiger partial charge on any atom is -0.508 e. The van der Waals surface area contributed by atoms with Gasteiger partial charge in [0.1, 0.15) is 23.9 Å². The van der Waals surface area contributed by atoms with Crippen molar-refractivity contribution in [3.63, 3.8) is 0 Å². The first-order valence-corrected chi connectivity index (χ1v) is 16.3. The molecule has 0 amide bonds. The van der Waals surface area contributed by atoms with Crippen LogP contribution in [0, 0.1) is 5.92 Å². The molecular weight excluding hydrogens is 667 g/mol. The molecule has 1 aliphatic rings. The number of aromatic hydroxyl groups is 2. The van der Waals surface area contributed by atoms with Gasteiger partial charge in [-0.1, -0.05) is 56.7 Å². The highest BCUT2D eigenvalue weighted by Crippen LogP contribution is 2.56. The smallest absolute Gasteiger partial charge is 0.460 e. The molecule has 0 saturated carbocycles. The fraction of sp³-hybridized carbons (Fsp3) is 0.594. The largest absolute Gasteiger partial charge is 0.508 e. The summed E-state index contributed by atoms with van der Waals surface area (Å²) < 4.78 is 124. The van der Waals surface area contributed by atoms with Crippen molar-refractivity contribution in [2.45, 2.75) is 98.8 Å². The molecule has 0 aliphatic carbocycles. The van der Waals surface area contributed by atoms with E-state index in [1.54, 1.807) is 36.0 Å². The van der Waals surface area contributed by atoms with Crippen LogP contribution in [0.25, 0.3) is 0 Å². The number of aliphatic carboxylic acids is 1. The van der Waals surface area contributed by atoms with Crippen LogP contribution in [0.4, 0.5) is 39.5 Å². The molecule has 1 unspecified atom stereocenters. The zero-order valence-electron chi connectivity index (χ0n) is 25.4. The van der Waals surface area contributed by atoms with E-state index >= 15 is 0 Å². The van der Waals surface area contributed by atoms with Crippen LogP contribution in [-0.2, 0) is 9.54 Å². The Morgan fingerprint density at radius 3 is 2.00 bits per heavy atom. The normalized spacial score (nSPS) is 19.6. The second-order valence-electron chi connectivity index (χ2n) is 11.8. The molecule has 47 heavy (non-hydrogen) atoms. The van der Waals surface area contributed by atoms with E-state index in [2.05, 4.69) is 0 Å². The number of phenolic OH excluding ortho intramolecular Hbond substituents is 2. The van der Waals surface area contributed by atoms with E-state index in [4.69, 9.17) is 4.74 Å². The van der Waals surface area contributed by atoms with Gasteiger partial charge in [-0.05, 0) is 54.8 Å². The monoisotopic (exact) mass is 704 g/mol. The van der Waals surface area contributed by atoms with Crippen LogP contribution in [0.2, 0.25) is 0 Å². The molecule has 2 aromatic rings. The molecule has 3 N–H and O–H groups in total. The van der Waals surface area contributed by atoms with E-state index in [1.165, 1.54) is 0 Å². The molecule has 0 spiro atoms. The standard InChI is InChI=1S/C32H37F9O5S/c1-47-28(21-10-12-22(42)13-11-21)19-46-26-18-23(43)14-15-24(26)25(28)9-7-5-3-2-4-6-8-20(27(44)45)16-17-29(33,34)30(35,36)31(37,38)32(39,40)41/h10-15,18,20,25,42-43H,2-9,16-17,19H2,1H3,(H,44,45)/t20?,25-,28+/m0/s1. The number of hydrogen-bond donors (Lipinski definition) is 3. The Balaban J connectivity index is 1.52. The molecule has 5 nitrogen and oxygen atoms in total. The van der Waals surface area contributed by atoms with Crippen molar-refractivity contribution < 1.29 is 64.4 Å². The fourth-order valence-corrected chi connectivity index (χ4v) is 7.04. The van der Waals surface area contributed by atoms with E-state index in [-0.39, 0.29) is 30.3 Å². The van der Waals surface area contributed by atoms with Gasteiger partial charge in [0.05, 0.1) is 10.7 Å². The quantitative estimate of drug-likeness (QED) is 0.112. The first-order valence-electron chi connectivity index (χ1n) is 15.0. The number of benzene rings is 2. The maximum Gasteiger partial charge on any atom is 0.460 e. The number of halogens is 9. The van der Waals surface area contributed by atoms with Gasteiger partial charge < -0.3 is 20.1 Å². The molecule has 2 aromatic carbocycles. The van der Waals surface area contributed by atoms with E-state index in [0.717, 1.165) is 36.8 Å². The summed E-state index contributed by atoms with van der Waals surface area (Å²) in [6.45, 7) is 0.332. The summed E-state index contributed by atoms with van der Waals surface area (Å²) in [5.74, 6) is -22.0. The van der Waals surface area contributed by atoms with E-state index in [1.807, 2.05) is 24.5 Å². The third-order valence-corrected chi connectivity index (χ3v) is 10.1. The number of rotatable bonds is 17. The van der Waals surface area contributed by atoms with Gasteiger partial charge in [0, 0.05) is 18.4 Å². The number of thioether (sulfide) groups is 1. The number of hydrogen-bond acceptors (Lipinski definition) is 5. The van der Waals surface area contributed by atoms with Gasteiger partial charge in [0.15, 0.2) is 0 Å². The predicted molar refractivity (Wildman–Crippen MR) is 158 cm³/mol. The summed E-state index contributed by atoms with van der Waals surface area (Å²) in [6.07, 6.45) is -4.20. The van der Waals surface area contributed by atoms with Gasteiger partial charge in [-0.3, -0.25) is 4.79 Å². The van der Waals surface area contributed by atoms with Crippen LogP contribution in [0.5, 0.6) is 17.2 Å². The number of unbranched alkanes of at least 4 members (excludes halogenated alkanes) is 5. The van der Waals surface area contributed by atoms with Crippen molar-refractivity contribution in [1.29, 1.82) is 0 Å². The van der Waals surface area contributed by atoms with Gasteiger partial charge in [0.25, 0.3) is 0 Å². The summed E-state index contributed by atoms with van der Waals surface area (Å²) in [4.78, 5) is 11.5. The fourth-order valence-electron chi connectivity index (χ4n) is 5.97. The van der Waals surface area contributed by atoms with Gasteiger partial charge in [-0.2, -0.15) is 39.5 Å². The first-order chi connectivity index (χ1) is 21.8. The highest BCUT2D eigenvalue weighted by molar-refractivity contribution is 7.99. The average molecular weight is 705 g/mol. The SMILES string of the molecule is CS[C@@]1(c2ccc(O)cc2)COc2cc(O)ccc2[C@@H]1CCCCCCCCC(CCC(F)(F)C(F)(F)C(F)(F)C(F)(F)F)C(=O)O. The second kappa shape index (κ2) is 15.1. The molecule has 0 saturated heterocycles. The maximum absolute atomic E-state index is 13.9. The second-order valence-corrected chi connectivity index (χ2v) is 13.0. The summed E-state index contributed by atoms with van der Waals surface area (Å²) in [5, 5.41) is 29.1. The van der Waals surface area contributed by atoms with Crippen LogP contribution in [-0.4, -0.2) is 58.1 Å². The molecule has 0 radical (unpaired) electrons. The van der Waals surface area contributed by atoms with Gasteiger partial charge in [0.2, 0.25) is 0 Å². The predicted octanol–water partition coefficient (Wildman–Crippen LogP) is 9.90. The van der Waals surface area contributed by atoms with Crippen molar-refractivity contribution in [2.24, 2.45) is 5.92 Å². The number of ether oxygens (including phenoxy) is 1. The van der Waals surface area contributed by atoms with Crippen LogP contribution >= 0.6 is 11.8 Å². The molecule has 3 atom stereocenters. The van der Waals surface area contributed by atoms with E-state index in [9.17, 15) is 59.6 Å². The van der Waals surface area contributed by atoms with Gasteiger partial charge in [-0.15, -0.1) is 11.8 Å². The number of carboxylic acids is 1. The highest BCUT2D eigenvalue weighted by Gasteiger charge is 2.81. The first kappa shape index (κ1) is 38.5. The lowest BCUT2D eigenvalue weighted by Crippen LogP contribution is -2.60. The Hall–Kier alpha value is -2.97. The topological polar surface area (TPSA) is 87.0 Å². The van der Waals surface area contributed by atoms with Gasteiger partial charge >= 0.3 is 29.9 Å². The van der Waals surface area contributed by atoms with Crippen molar-refractivity contribution >= 4 is 17.7 Å². The maximum atomic E-state index is 13.9. The van der Waals surface area contributed by atoms with Gasteiger partial charge in [-0.25, -0.2) is 0 Å². The summed E-state index contributed by atoms with van der Waals surface area (Å²) in [5.41, 5.74) is 1.90. The Kier molecular flexibility index (Phi) is 12.3. The summed E-state index contributed by atoms with van der Waals surface area (Å²) in [7, 11) is 0.